The number of carbonyl (C=O) groups excluding carboxylic acids is 1. The van der Waals surface area contributed by atoms with Crippen LogP contribution in [0.2, 0.25) is 0 Å². The molecule has 0 aliphatic heterocycles. The van der Waals surface area contributed by atoms with E-state index < -0.39 is 5.24 Å². The minimum Gasteiger partial charge on any atom is -0.378 e. The van der Waals surface area contributed by atoms with Gasteiger partial charge in [-0.15, -0.1) is 12.4 Å². The fourth-order valence-electron chi connectivity index (χ4n) is 0.906. The van der Waals surface area contributed by atoms with E-state index in [1.54, 1.807) is 12.1 Å². The van der Waals surface area contributed by atoms with Gasteiger partial charge in [0.15, 0.2) is 0 Å². The first kappa shape index (κ1) is 12.3. The molecule has 0 saturated heterocycles. The second kappa shape index (κ2) is 5.10. The van der Waals surface area contributed by atoms with Crippen molar-refractivity contribution in [1.82, 2.24) is 0 Å². The molecule has 4 heteroatoms. The first-order valence-electron chi connectivity index (χ1n) is 3.58. The van der Waals surface area contributed by atoms with E-state index in [1.165, 1.54) is 0 Å². The second-order valence-corrected chi connectivity index (χ2v) is 3.06. The number of rotatable bonds is 2. The summed E-state index contributed by atoms with van der Waals surface area (Å²) in [5, 5.41) is -0.418. The molecule has 0 radical (unpaired) electrons. The SMILES string of the molecule is CN(C)c1cccc(C(=O)Cl)c1.Cl. The molecule has 72 valence electrons. The zero-order chi connectivity index (χ0) is 9.14. The standard InChI is InChI=1S/C9H10ClNO.ClH/c1-11(2)8-5-3-4-7(6-8)9(10)12;/h3-6H,1-2H3;1H. The number of nitrogens with zero attached hydrogens (tertiary/aromatic N) is 1. The van der Waals surface area contributed by atoms with Crippen molar-refractivity contribution in [2.24, 2.45) is 0 Å². The van der Waals surface area contributed by atoms with Gasteiger partial charge >= 0.3 is 0 Å². The Kier molecular flexibility index (Phi) is 4.81. The third kappa shape index (κ3) is 3.25. The highest BCUT2D eigenvalue weighted by Crippen LogP contribution is 2.14. The average molecular weight is 220 g/mol. The Balaban J connectivity index is 0.00000144. The molecule has 2 nitrogen and oxygen atoms in total. The minimum atomic E-state index is -0.418. The van der Waals surface area contributed by atoms with Crippen molar-refractivity contribution >= 4 is 34.9 Å². The van der Waals surface area contributed by atoms with Crippen molar-refractivity contribution in [3.63, 3.8) is 0 Å². The van der Waals surface area contributed by atoms with E-state index in [-0.39, 0.29) is 12.4 Å². The Morgan fingerprint density at radius 2 is 2.00 bits per heavy atom. The molecule has 0 bridgehead atoms. The predicted octanol–water partition coefficient (Wildman–Crippen LogP) is 2.55. The molecule has 0 atom stereocenters. The van der Waals surface area contributed by atoms with Gasteiger partial charge in [0.05, 0.1) is 0 Å². The van der Waals surface area contributed by atoms with Crippen LogP contribution in [-0.4, -0.2) is 19.3 Å². The van der Waals surface area contributed by atoms with Crippen molar-refractivity contribution in [3.8, 4) is 0 Å². The molecular weight excluding hydrogens is 209 g/mol. The van der Waals surface area contributed by atoms with Gasteiger partial charge in [0.25, 0.3) is 5.24 Å². The molecule has 0 aliphatic rings. The van der Waals surface area contributed by atoms with E-state index in [0.29, 0.717) is 5.56 Å². The summed E-state index contributed by atoms with van der Waals surface area (Å²) in [6, 6.07) is 7.19. The molecule has 0 fully saturated rings. The third-order valence-corrected chi connectivity index (χ3v) is 1.81. The topological polar surface area (TPSA) is 20.3 Å². The average Bonchev–Trinajstić information content (AvgIpc) is 2.04. The van der Waals surface area contributed by atoms with Gasteiger partial charge in [-0.05, 0) is 29.8 Å². The zero-order valence-electron chi connectivity index (χ0n) is 7.45. The summed E-state index contributed by atoms with van der Waals surface area (Å²) in [6.45, 7) is 0. The van der Waals surface area contributed by atoms with E-state index in [2.05, 4.69) is 0 Å². The van der Waals surface area contributed by atoms with E-state index in [1.807, 2.05) is 31.1 Å². The number of hydrogen-bond acceptors (Lipinski definition) is 2. The first-order chi connectivity index (χ1) is 5.61. The molecule has 0 N–H and O–H groups in total. The highest BCUT2D eigenvalue weighted by Gasteiger charge is 2.02. The van der Waals surface area contributed by atoms with E-state index in [4.69, 9.17) is 11.6 Å². The van der Waals surface area contributed by atoms with Gasteiger partial charge in [0, 0.05) is 25.3 Å². The first-order valence-corrected chi connectivity index (χ1v) is 3.96. The maximum Gasteiger partial charge on any atom is 0.252 e. The number of anilines is 1. The summed E-state index contributed by atoms with van der Waals surface area (Å²) in [6.07, 6.45) is 0. The van der Waals surface area contributed by atoms with Crippen molar-refractivity contribution < 1.29 is 4.79 Å². The number of carbonyl (C=O) groups is 1. The molecule has 0 unspecified atom stereocenters. The maximum absolute atomic E-state index is 10.8. The number of hydrogen-bond donors (Lipinski definition) is 0. The Hall–Kier alpha value is -0.730. The van der Waals surface area contributed by atoms with Crippen LogP contribution in [0.4, 0.5) is 5.69 Å². The molecular formula is C9H11Cl2NO. The fraction of sp³-hybridized carbons (Fsp3) is 0.222. The molecule has 13 heavy (non-hydrogen) atoms. The van der Waals surface area contributed by atoms with Gasteiger partial charge in [0.1, 0.15) is 0 Å². The Bertz CT molecular complexity index is 299. The summed E-state index contributed by atoms with van der Waals surface area (Å²) in [7, 11) is 3.83. The van der Waals surface area contributed by atoms with Crippen molar-refractivity contribution in [3.05, 3.63) is 29.8 Å². The summed E-state index contributed by atoms with van der Waals surface area (Å²) < 4.78 is 0. The summed E-state index contributed by atoms with van der Waals surface area (Å²) in [4.78, 5) is 12.7. The number of benzene rings is 1. The van der Waals surface area contributed by atoms with Gasteiger partial charge in [-0.1, -0.05) is 6.07 Å². The lowest BCUT2D eigenvalue weighted by Crippen LogP contribution is -2.08. The normalized spacial score (nSPS) is 8.85. The van der Waals surface area contributed by atoms with Crippen molar-refractivity contribution in [2.45, 2.75) is 0 Å². The number of halogens is 2. The zero-order valence-corrected chi connectivity index (χ0v) is 9.02. The monoisotopic (exact) mass is 219 g/mol. The summed E-state index contributed by atoms with van der Waals surface area (Å²) in [5.41, 5.74) is 1.50. The van der Waals surface area contributed by atoms with Gasteiger partial charge in [0.2, 0.25) is 0 Å². The highest BCUT2D eigenvalue weighted by atomic mass is 35.5. The maximum atomic E-state index is 10.8. The molecule has 0 spiro atoms. The van der Waals surface area contributed by atoms with Crippen LogP contribution < -0.4 is 4.90 Å². The van der Waals surface area contributed by atoms with Gasteiger partial charge in [-0.2, -0.15) is 0 Å². The molecule has 1 rings (SSSR count). The lowest BCUT2D eigenvalue weighted by atomic mass is 10.2. The van der Waals surface area contributed by atoms with Crippen LogP contribution in [0, 0.1) is 0 Å². The van der Waals surface area contributed by atoms with Gasteiger partial charge in [-0.25, -0.2) is 0 Å². The van der Waals surface area contributed by atoms with Crippen LogP contribution >= 0.6 is 24.0 Å². The second-order valence-electron chi connectivity index (χ2n) is 2.72. The van der Waals surface area contributed by atoms with Gasteiger partial charge < -0.3 is 4.90 Å². The lowest BCUT2D eigenvalue weighted by Gasteiger charge is -2.12. The largest absolute Gasteiger partial charge is 0.378 e. The van der Waals surface area contributed by atoms with Gasteiger partial charge in [-0.3, -0.25) is 4.79 Å². The van der Waals surface area contributed by atoms with Crippen LogP contribution in [-0.2, 0) is 0 Å². The smallest absolute Gasteiger partial charge is 0.252 e. The quantitative estimate of drug-likeness (QED) is 0.714. The molecule has 0 heterocycles. The fourth-order valence-corrected chi connectivity index (χ4v) is 1.02. The van der Waals surface area contributed by atoms with Crippen molar-refractivity contribution in [2.75, 3.05) is 19.0 Å². The molecule has 0 aliphatic carbocycles. The molecule has 0 aromatic heterocycles. The van der Waals surface area contributed by atoms with Crippen molar-refractivity contribution in [1.29, 1.82) is 0 Å². The third-order valence-electron chi connectivity index (χ3n) is 1.59. The van der Waals surface area contributed by atoms with Crippen LogP contribution in [0.25, 0.3) is 0 Å². The molecule has 0 saturated carbocycles. The predicted molar refractivity (Wildman–Crippen MR) is 58.2 cm³/mol. The Morgan fingerprint density at radius 1 is 1.38 bits per heavy atom. The Labute approximate surface area is 88.9 Å². The molecule has 1 aromatic rings. The molecule has 1 aromatic carbocycles. The van der Waals surface area contributed by atoms with E-state index >= 15 is 0 Å². The summed E-state index contributed by atoms with van der Waals surface area (Å²) in [5.74, 6) is 0. The van der Waals surface area contributed by atoms with Crippen LogP contribution in [0.1, 0.15) is 10.4 Å². The summed E-state index contributed by atoms with van der Waals surface area (Å²) >= 11 is 5.32. The van der Waals surface area contributed by atoms with E-state index in [9.17, 15) is 4.79 Å². The van der Waals surface area contributed by atoms with Crippen LogP contribution in [0.15, 0.2) is 24.3 Å². The minimum absolute atomic E-state index is 0. The van der Waals surface area contributed by atoms with Crippen LogP contribution in [0.5, 0.6) is 0 Å². The van der Waals surface area contributed by atoms with Crippen LogP contribution in [0.3, 0.4) is 0 Å². The molecule has 0 amide bonds. The lowest BCUT2D eigenvalue weighted by molar-refractivity contribution is 0.108. The Morgan fingerprint density at radius 3 is 2.46 bits per heavy atom. The van der Waals surface area contributed by atoms with E-state index in [0.717, 1.165) is 5.69 Å². The highest BCUT2D eigenvalue weighted by molar-refractivity contribution is 6.67.